The summed E-state index contributed by atoms with van der Waals surface area (Å²) in [6, 6.07) is 0. The minimum absolute atomic E-state index is 0.102. The number of nitrogens with zero attached hydrogens (tertiary/aromatic N) is 1. The molecule has 1 aliphatic rings. The molecule has 0 aromatic rings. The molecule has 72 valence electrons. The van der Waals surface area contributed by atoms with Crippen LogP contribution in [0.5, 0.6) is 0 Å². The highest BCUT2D eigenvalue weighted by molar-refractivity contribution is 7.86. The van der Waals surface area contributed by atoms with Gasteiger partial charge in [0.1, 0.15) is 6.10 Å². The Morgan fingerprint density at radius 3 is 2.50 bits per heavy atom. The summed E-state index contributed by atoms with van der Waals surface area (Å²) in [4.78, 5) is 1.91. The molecule has 0 amide bonds. The zero-order valence-corrected chi connectivity index (χ0v) is 8.17. The van der Waals surface area contributed by atoms with Crippen LogP contribution in [-0.4, -0.2) is 52.6 Å². The van der Waals surface area contributed by atoms with Crippen LogP contribution in [0.1, 0.15) is 0 Å². The Labute approximate surface area is 72.4 Å². The number of hydrogen-bond acceptors (Lipinski definition) is 5. The molecule has 2 unspecified atom stereocenters. The minimum Gasteiger partial charge on any atom is -0.339 e. The molecular formula is C6H13NO4S. The van der Waals surface area contributed by atoms with Crippen molar-refractivity contribution in [2.24, 2.45) is 0 Å². The molecule has 0 aromatic carbocycles. The van der Waals surface area contributed by atoms with Gasteiger partial charge in [0.05, 0.1) is 6.26 Å². The standard InChI is InChI=1S/C6H13NO4S/c1-7(2)4-5-6(10-5)11-12(3,8)9/h5-6H,4H2,1-3H3. The first-order valence-electron chi connectivity index (χ1n) is 3.57. The first-order chi connectivity index (χ1) is 5.38. The molecule has 0 N–H and O–H groups in total. The molecule has 1 heterocycles. The molecule has 0 bridgehead atoms. The van der Waals surface area contributed by atoms with Crippen molar-refractivity contribution in [1.29, 1.82) is 0 Å². The third-order valence-electron chi connectivity index (χ3n) is 1.35. The summed E-state index contributed by atoms with van der Waals surface area (Å²) in [5.74, 6) is 0. The lowest BCUT2D eigenvalue weighted by atomic mass is 10.4. The van der Waals surface area contributed by atoms with E-state index in [0.717, 1.165) is 6.26 Å². The fraction of sp³-hybridized carbons (Fsp3) is 1.00. The number of likely N-dealkylation sites (N-methyl/N-ethyl adjacent to an activating group) is 1. The summed E-state index contributed by atoms with van der Waals surface area (Å²) in [5, 5.41) is 0. The molecule has 0 aromatic heterocycles. The second kappa shape index (κ2) is 3.29. The van der Waals surface area contributed by atoms with Crippen LogP contribution in [0.3, 0.4) is 0 Å². The van der Waals surface area contributed by atoms with Gasteiger partial charge in [0, 0.05) is 6.54 Å². The molecule has 0 aliphatic carbocycles. The largest absolute Gasteiger partial charge is 0.339 e. The van der Waals surface area contributed by atoms with Gasteiger partial charge in [0.15, 0.2) is 0 Å². The fourth-order valence-electron chi connectivity index (χ4n) is 0.873. The highest BCUT2D eigenvalue weighted by Crippen LogP contribution is 2.24. The van der Waals surface area contributed by atoms with Gasteiger partial charge in [-0.1, -0.05) is 0 Å². The first-order valence-corrected chi connectivity index (χ1v) is 5.38. The monoisotopic (exact) mass is 195 g/mol. The van der Waals surface area contributed by atoms with Crippen molar-refractivity contribution in [2.75, 3.05) is 26.9 Å². The van der Waals surface area contributed by atoms with Crippen molar-refractivity contribution < 1.29 is 17.3 Å². The van der Waals surface area contributed by atoms with Crippen LogP contribution in [0.25, 0.3) is 0 Å². The van der Waals surface area contributed by atoms with Gasteiger partial charge < -0.3 is 9.64 Å². The molecule has 1 fully saturated rings. The van der Waals surface area contributed by atoms with Crippen molar-refractivity contribution in [1.82, 2.24) is 4.90 Å². The minimum atomic E-state index is -3.37. The van der Waals surface area contributed by atoms with Gasteiger partial charge in [-0.3, -0.25) is 0 Å². The Morgan fingerprint density at radius 1 is 1.50 bits per heavy atom. The predicted octanol–water partition coefficient (Wildman–Crippen LogP) is -0.751. The van der Waals surface area contributed by atoms with Crippen LogP contribution in [0.2, 0.25) is 0 Å². The molecule has 6 heteroatoms. The Morgan fingerprint density at radius 2 is 2.08 bits per heavy atom. The molecule has 2 atom stereocenters. The van der Waals surface area contributed by atoms with Crippen LogP contribution in [0.4, 0.5) is 0 Å². The van der Waals surface area contributed by atoms with E-state index in [0.29, 0.717) is 6.54 Å². The summed E-state index contributed by atoms with van der Waals surface area (Å²) >= 11 is 0. The predicted molar refractivity (Wildman–Crippen MR) is 43.1 cm³/mol. The van der Waals surface area contributed by atoms with Crippen molar-refractivity contribution in [3.05, 3.63) is 0 Å². The Hall–Kier alpha value is -0.170. The van der Waals surface area contributed by atoms with E-state index < -0.39 is 16.4 Å². The SMILES string of the molecule is CN(C)CC1OC1OS(C)(=O)=O. The highest BCUT2D eigenvalue weighted by atomic mass is 32.2. The molecule has 1 saturated heterocycles. The van der Waals surface area contributed by atoms with Crippen molar-refractivity contribution in [2.45, 2.75) is 12.4 Å². The third-order valence-corrected chi connectivity index (χ3v) is 1.89. The highest BCUT2D eigenvalue weighted by Gasteiger charge is 2.42. The van der Waals surface area contributed by atoms with Gasteiger partial charge in [-0.2, -0.15) is 8.42 Å². The van der Waals surface area contributed by atoms with Crippen LogP contribution in [-0.2, 0) is 19.0 Å². The number of epoxide rings is 1. The summed E-state index contributed by atoms with van der Waals surface area (Å²) in [6.45, 7) is 0.681. The van der Waals surface area contributed by atoms with Crippen LogP contribution >= 0.6 is 0 Å². The Balaban J connectivity index is 2.25. The maximum Gasteiger partial charge on any atom is 0.266 e. The average molecular weight is 195 g/mol. The Kier molecular flexibility index (Phi) is 2.72. The summed E-state index contributed by atoms with van der Waals surface area (Å²) in [6.07, 6.45) is 0.346. The molecule has 0 radical (unpaired) electrons. The number of ether oxygens (including phenoxy) is 1. The molecule has 5 nitrogen and oxygen atoms in total. The van der Waals surface area contributed by atoms with Crippen molar-refractivity contribution >= 4 is 10.1 Å². The lowest BCUT2D eigenvalue weighted by molar-refractivity contribution is 0.186. The number of hydrogen-bond donors (Lipinski definition) is 0. The van der Waals surface area contributed by atoms with Crippen LogP contribution in [0, 0.1) is 0 Å². The second-order valence-electron chi connectivity index (χ2n) is 3.11. The van der Waals surface area contributed by atoms with Gasteiger partial charge in [0.25, 0.3) is 10.1 Å². The molecule has 1 rings (SSSR count). The van der Waals surface area contributed by atoms with Crippen LogP contribution in [0.15, 0.2) is 0 Å². The summed E-state index contributed by atoms with van der Waals surface area (Å²) in [7, 11) is 0.403. The maximum atomic E-state index is 10.6. The molecule has 12 heavy (non-hydrogen) atoms. The molecule has 1 aliphatic heterocycles. The number of rotatable bonds is 4. The molecular weight excluding hydrogens is 182 g/mol. The van der Waals surface area contributed by atoms with Crippen molar-refractivity contribution in [3.63, 3.8) is 0 Å². The van der Waals surface area contributed by atoms with E-state index in [-0.39, 0.29) is 6.10 Å². The van der Waals surface area contributed by atoms with E-state index in [1.807, 2.05) is 19.0 Å². The van der Waals surface area contributed by atoms with Gasteiger partial charge in [0.2, 0.25) is 6.29 Å². The average Bonchev–Trinajstić information content (AvgIpc) is 2.40. The Bertz CT molecular complexity index is 248. The topological polar surface area (TPSA) is 59.1 Å². The summed E-state index contributed by atoms with van der Waals surface area (Å²) in [5.41, 5.74) is 0. The maximum absolute atomic E-state index is 10.6. The lowest BCUT2D eigenvalue weighted by Crippen LogP contribution is -2.20. The second-order valence-corrected chi connectivity index (χ2v) is 4.71. The fourth-order valence-corrected chi connectivity index (χ4v) is 1.39. The van der Waals surface area contributed by atoms with E-state index in [4.69, 9.17) is 4.74 Å². The normalized spacial score (nSPS) is 29.3. The third kappa shape index (κ3) is 3.48. The van der Waals surface area contributed by atoms with Gasteiger partial charge in [-0.05, 0) is 14.1 Å². The smallest absolute Gasteiger partial charge is 0.266 e. The van der Waals surface area contributed by atoms with E-state index in [1.165, 1.54) is 0 Å². The van der Waals surface area contributed by atoms with Gasteiger partial charge in [-0.15, -0.1) is 0 Å². The quantitative estimate of drug-likeness (QED) is 0.436. The first kappa shape index (κ1) is 9.91. The zero-order chi connectivity index (χ0) is 9.35. The van der Waals surface area contributed by atoms with E-state index in [1.54, 1.807) is 0 Å². The van der Waals surface area contributed by atoms with Crippen molar-refractivity contribution in [3.8, 4) is 0 Å². The van der Waals surface area contributed by atoms with Gasteiger partial charge in [-0.25, -0.2) is 4.18 Å². The lowest BCUT2D eigenvalue weighted by Gasteiger charge is -2.04. The van der Waals surface area contributed by atoms with Crippen LogP contribution < -0.4 is 0 Å². The molecule has 0 saturated carbocycles. The van der Waals surface area contributed by atoms with Gasteiger partial charge >= 0.3 is 0 Å². The zero-order valence-electron chi connectivity index (χ0n) is 7.35. The van der Waals surface area contributed by atoms with E-state index in [2.05, 4.69) is 4.18 Å². The summed E-state index contributed by atoms with van der Waals surface area (Å²) < 4.78 is 30.7. The van der Waals surface area contributed by atoms with E-state index in [9.17, 15) is 8.42 Å². The van der Waals surface area contributed by atoms with E-state index >= 15 is 0 Å². The molecule has 0 spiro atoms.